The molecule has 2 rings (SSSR count). The molecule has 0 saturated heterocycles. The number of pyridine rings is 1. The fourth-order valence-corrected chi connectivity index (χ4v) is 1.79. The van der Waals surface area contributed by atoms with Gasteiger partial charge in [-0.2, -0.15) is 0 Å². The van der Waals surface area contributed by atoms with Crippen LogP contribution in [-0.4, -0.2) is 27.7 Å². The minimum Gasteiger partial charge on any atom is -0.506 e. The molecule has 0 fully saturated rings. The minimum atomic E-state index is -0.351. The zero-order valence-corrected chi connectivity index (χ0v) is 9.36. The Morgan fingerprint density at radius 3 is 3.06 bits per heavy atom. The quantitative estimate of drug-likeness (QED) is 0.783. The van der Waals surface area contributed by atoms with Crippen molar-refractivity contribution in [3.05, 3.63) is 23.0 Å². The van der Waals surface area contributed by atoms with E-state index in [0.717, 1.165) is 11.1 Å². The first kappa shape index (κ1) is 10.7. The molecule has 0 spiro atoms. The summed E-state index contributed by atoms with van der Waals surface area (Å²) in [6.45, 7) is 4.71. The third kappa shape index (κ3) is 1.68. The van der Waals surface area contributed by atoms with Crippen LogP contribution in [0.25, 0.3) is 0 Å². The standard InChI is InChI=1S/C11H14N2O3/c1-3-16-11(15)13-5-8-4-12-7(2)10(14)9(8)6-13/h4,14H,3,5-6H2,1-2H3. The van der Waals surface area contributed by atoms with Crippen LogP contribution >= 0.6 is 0 Å². The maximum absolute atomic E-state index is 11.5. The number of hydrogen-bond donors (Lipinski definition) is 1. The van der Waals surface area contributed by atoms with Gasteiger partial charge in [-0.1, -0.05) is 0 Å². The second-order valence-electron chi connectivity index (χ2n) is 3.75. The summed E-state index contributed by atoms with van der Waals surface area (Å²) in [5.41, 5.74) is 2.25. The van der Waals surface area contributed by atoms with Crippen molar-refractivity contribution in [3.8, 4) is 5.75 Å². The third-order valence-corrected chi connectivity index (χ3v) is 2.67. The van der Waals surface area contributed by atoms with E-state index in [2.05, 4.69) is 4.98 Å². The summed E-state index contributed by atoms with van der Waals surface area (Å²) in [6.07, 6.45) is 1.35. The summed E-state index contributed by atoms with van der Waals surface area (Å²) in [6, 6.07) is 0. The summed E-state index contributed by atoms with van der Waals surface area (Å²) >= 11 is 0. The van der Waals surface area contributed by atoms with E-state index in [4.69, 9.17) is 4.74 Å². The van der Waals surface area contributed by atoms with Crippen LogP contribution in [0, 0.1) is 6.92 Å². The van der Waals surface area contributed by atoms with E-state index in [9.17, 15) is 9.90 Å². The molecule has 5 heteroatoms. The first-order chi connectivity index (χ1) is 7.63. The highest BCUT2D eigenvalue weighted by atomic mass is 16.6. The monoisotopic (exact) mass is 222 g/mol. The summed E-state index contributed by atoms with van der Waals surface area (Å²) in [5.74, 6) is 0.185. The molecule has 2 heterocycles. The molecule has 0 atom stereocenters. The van der Waals surface area contributed by atoms with Gasteiger partial charge >= 0.3 is 6.09 Å². The molecule has 0 saturated carbocycles. The lowest BCUT2D eigenvalue weighted by Gasteiger charge is -2.13. The SMILES string of the molecule is CCOC(=O)N1Cc2cnc(C)c(O)c2C1. The van der Waals surface area contributed by atoms with E-state index in [1.165, 1.54) is 0 Å². The number of nitrogens with zero attached hydrogens (tertiary/aromatic N) is 2. The van der Waals surface area contributed by atoms with Gasteiger partial charge < -0.3 is 9.84 Å². The third-order valence-electron chi connectivity index (χ3n) is 2.67. The zero-order chi connectivity index (χ0) is 11.7. The zero-order valence-electron chi connectivity index (χ0n) is 9.36. The topological polar surface area (TPSA) is 62.7 Å². The van der Waals surface area contributed by atoms with Crippen molar-refractivity contribution in [2.75, 3.05) is 6.61 Å². The van der Waals surface area contributed by atoms with E-state index < -0.39 is 0 Å². The fourth-order valence-electron chi connectivity index (χ4n) is 1.79. The molecule has 1 N–H and O–H groups in total. The molecule has 0 aromatic carbocycles. The van der Waals surface area contributed by atoms with Gasteiger partial charge in [-0.25, -0.2) is 4.79 Å². The maximum atomic E-state index is 11.5. The Bertz CT molecular complexity index is 431. The van der Waals surface area contributed by atoms with E-state index in [-0.39, 0.29) is 11.8 Å². The van der Waals surface area contributed by atoms with E-state index >= 15 is 0 Å². The molecule has 0 aliphatic carbocycles. The van der Waals surface area contributed by atoms with Crippen LogP contribution in [0.5, 0.6) is 5.75 Å². The van der Waals surface area contributed by atoms with E-state index in [1.54, 1.807) is 24.9 Å². The Morgan fingerprint density at radius 2 is 2.38 bits per heavy atom. The molecule has 16 heavy (non-hydrogen) atoms. The molecule has 1 aromatic rings. The Balaban J connectivity index is 2.21. The van der Waals surface area contributed by atoms with Gasteiger partial charge in [0.2, 0.25) is 0 Å². The van der Waals surface area contributed by atoms with Crippen LogP contribution in [0.4, 0.5) is 4.79 Å². The van der Waals surface area contributed by atoms with Crippen LogP contribution in [0.3, 0.4) is 0 Å². The maximum Gasteiger partial charge on any atom is 0.410 e. The second kappa shape index (κ2) is 4.00. The van der Waals surface area contributed by atoms with Gasteiger partial charge in [0.25, 0.3) is 0 Å². The van der Waals surface area contributed by atoms with Crippen LogP contribution in [0.15, 0.2) is 6.20 Å². The molecule has 0 radical (unpaired) electrons. The van der Waals surface area contributed by atoms with Gasteiger partial charge in [-0.05, 0) is 19.4 Å². The van der Waals surface area contributed by atoms with Crippen molar-refractivity contribution in [3.63, 3.8) is 0 Å². The number of carbonyl (C=O) groups is 1. The Hall–Kier alpha value is -1.78. The minimum absolute atomic E-state index is 0.185. The van der Waals surface area contributed by atoms with Gasteiger partial charge in [0.05, 0.1) is 25.4 Å². The lowest BCUT2D eigenvalue weighted by Crippen LogP contribution is -2.25. The van der Waals surface area contributed by atoms with Gasteiger partial charge in [0, 0.05) is 11.8 Å². The number of hydrogen-bond acceptors (Lipinski definition) is 4. The smallest absolute Gasteiger partial charge is 0.410 e. The molecular formula is C11H14N2O3. The molecule has 1 aromatic heterocycles. The fraction of sp³-hybridized carbons (Fsp3) is 0.455. The van der Waals surface area contributed by atoms with Crippen molar-refractivity contribution in [2.45, 2.75) is 26.9 Å². The van der Waals surface area contributed by atoms with Crippen LogP contribution < -0.4 is 0 Å². The number of fused-ring (bicyclic) bond motifs is 1. The van der Waals surface area contributed by atoms with Gasteiger partial charge in [-0.3, -0.25) is 9.88 Å². The summed E-state index contributed by atoms with van der Waals surface area (Å²) < 4.78 is 4.91. The van der Waals surface area contributed by atoms with Crippen molar-refractivity contribution in [1.29, 1.82) is 0 Å². The van der Waals surface area contributed by atoms with Crippen LogP contribution in [-0.2, 0) is 17.8 Å². The Labute approximate surface area is 93.7 Å². The second-order valence-corrected chi connectivity index (χ2v) is 3.75. The van der Waals surface area contributed by atoms with Gasteiger partial charge in [-0.15, -0.1) is 0 Å². The highest BCUT2D eigenvalue weighted by molar-refractivity contribution is 5.69. The molecule has 86 valence electrons. The van der Waals surface area contributed by atoms with Crippen molar-refractivity contribution >= 4 is 6.09 Å². The van der Waals surface area contributed by atoms with Gasteiger partial charge in [0.1, 0.15) is 5.75 Å². The lowest BCUT2D eigenvalue weighted by atomic mass is 10.1. The Morgan fingerprint density at radius 1 is 1.62 bits per heavy atom. The lowest BCUT2D eigenvalue weighted by molar-refractivity contribution is 0.106. The number of carbonyl (C=O) groups excluding carboxylic acids is 1. The van der Waals surface area contributed by atoms with Crippen LogP contribution in [0.2, 0.25) is 0 Å². The first-order valence-corrected chi connectivity index (χ1v) is 5.21. The molecule has 1 aliphatic heterocycles. The number of ether oxygens (including phenoxy) is 1. The Kier molecular flexibility index (Phi) is 2.68. The molecule has 5 nitrogen and oxygen atoms in total. The van der Waals surface area contributed by atoms with Crippen LogP contribution in [0.1, 0.15) is 23.7 Å². The predicted octanol–water partition coefficient (Wildman–Crippen LogP) is 1.57. The number of aromatic hydroxyl groups is 1. The summed E-state index contributed by atoms with van der Waals surface area (Å²) in [5, 5.41) is 9.81. The summed E-state index contributed by atoms with van der Waals surface area (Å²) in [4.78, 5) is 17.1. The van der Waals surface area contributed by atoms with E-state index in [0.29, 0.717) is 25.4 Å². The highest BCUT2D eigenvalue weighted by Gasteiger charge is 2.27. The number of aromatic nitrogens is 1. The van der Waals surface area contributed by atoms with Gasteiger partial charge in [0.15, 0.2) is 0 Å². The first-order valence-electron chi connectivity index (χ1n) is 5.21. The van der Waals surface area contributed by atoms with Crippen molar-refractivity contribution < 1.29 is 14.6 Å². The summed E-state index contributed by atoms with van der Waals surface area (Å²) in [7, 11) is 0. The molecular weight excluding hydrogens is 208 g/mol. The largest absolute Gasteiger partial charge is 0.506 e. The van der Waals surface area contributed by atoms with Crippen molar-refractivity contribution in [2.24, 2.45) is 0 Å². The number of aryl methyl sites for hydroxylation is 1. The van der Waals surface area contributed by atoms with Crippen molar-refractivity contribution in [1.82, 2.24) is 9.88 Å². The average Bonchev–Trinajstić information content (AvgIpc) is 2.69. The molecule has 1 amide bonds. The molecule has 0 bridgehead atoms. The molecule has 1 aliphatic rings. The number of rotatable bonds is 1. The number of amides is 1. The van der Waals surface area contributed by atoms with E-state index in [1.807, 2.05) is 0 Å². The average molecular weight is 222 g/mol. The predicted molar refractivity (Wildman–Crippen MR) is 56.9 cm³/mol. The normalized spacial score (nSPS) is 13.8. The molecule has 0 unspecified atom stereocenters. The highest BCUT2D eigenvalue weighted by Crippen LogP contribution is 2.31.